The molecule has 0 aliphatic carbocycles. The average Bonchev–Trinajstić information content (AvgIpc) is 2.66. The Bertz CT molecular complexity index is 436. The number of nitrogens with zero attached hydrogens (tertiary/aromatic N) is 4. The van der Waals surface area contributed by atoms with E-state index in [-0.39, 0.29) is 0 Å². The first-order valence-electron chi connectivity index (χ1n) is 4.50. The van der Waals surface area contributed by atoms with Gasteiger partial charge in [0.25, 0.3) is 0 Å². The maximum Gasteiger partial charge on any atom is 0.181 e. The molecule has 15 heavy (non-hydrogen) atoms. The fourth-order valence-electron chi connectivity index (χ4n) is 1.34. The van der Waals surface area contributed by atoms with Crippen LogP contribution in [0.15, 0.2) is 24.3 Å². The van der Waals surface area contributed by atoms with Crippen molar-refractivity contribution in [3.8, 4) is 11.4 Å². The molecule has 0 amide bonds. The lowest BCUT2D eigenvalue weighted by atomic mass is 10.1. The number of tetrazole rings is 1. The highest BCUT2D eigenvalue weighted by Crippen LogP contribution is 2.15. The minimum absolute atomic E-state index is 0.428. The lowest BCUT2D eigenvalue weighted by Crippen LogP contribution is -2.05. The number of hydrogen-bond acceptors (Lipinski definition) is 5. The van der Waals surface area contributed by atoms with Gasteiger partial charge in [0.15, 0.2) is 5.82 Å². The largest absolute Gasteiger partial charge is 0.316 e. The van der Waals surface area contributed by atoms with Gasteiger partial charge < -0.3 is 5.21 Å². The van der Waals surface area contributed by atoms with Crippen molar-refractivity contribution in [2.24, 2.45) is 7.05 Å². The van der Waals surface area contributed by atoms with Crippen molar-refractivity contribution in [1.82, 2.24) is 25.7 Å². The molecule has 6 nitrogen and oxygen atoms in total. The first-order valence-corrected chi connectivity index (χ1v) is 4.50. The molecule has 0 aliphatic rings. The summed E-state index contributed by atoms with van der Waals surface area (Å²) >= 11 is 0. The van der Waals surface area contributed by atoms with E-state index in [9.17, 15) is 0 Å². The van der Waals surface area contributed by atoms with E-state index >= 15 is 0 Å². The van der Waals surface area contributed by atoms with Crippen LogP contribution in [0, 0.1) is 0 Å². The Morgan fingerprint density at radius 3 is 2.60 bits per heavy atom. The Balaban J connectivity index is 2.28. The van der Waals surface area contributed by atoms with Crippen LogP contribution in [0.1, 0.15) is 5.56 Å². The van der Waals surface area contributed by atoms with Crippen LogP contribution < -0.4 is 5.48 Å². The van der Waals surface area contributed by atoms with Crippen LogP contribution in [0.3, 0.4) is 0 Å². The molecule has 0 atom stereocenters. The molecule has 0 radical (unpaired) electrons. The zero-order valence-corrected chi connectivity index (χ0v) is 8.25. The monoisotopic (exact) mass is 205 g/mol. The van der Waals surface area contributed by atoms with Gasteiger partial charge in [-0.15, -0.1) is 5.10 Å². The van der Waals surface area contributed by atoms with Gasteiger partial charge in [-0.25, -0.2) is 10.2 Å². The molecule has 0 bridgehead atoms. The number of nitrogens with one attached hydrogen (secondary N) is 1. The Morgan fingerprint density at radius 2 is 2.07 bits per heavy atom. The summed E-state index contributed by atoms with van der Waals surface area (Å²) in [6, 6.07) is 7.65. The van der Waals surface area contributed by atoms with Gasteiger partial charge in [-0.2, -0.15) is 0 Å². The second kappa shape index (κ2) is 4.16. The average molecular weight is 205 g/mol. The van der Waals surface area contributed by atoms with Crippen molar-refractivity contribution < 1.29 is 5.21 Å². The SMILES string of the molecule is Cn1nnnc1-c1ccc(CNO)cc1. The Labute approximate surface area is 86.5 Å². The van der Waals surface area contributed by atoms with E-state index in [2.05, 4.69) is 21.0 Å². The Hall–Kier alpha value is -1.79. The summed E-state index contributed by atoms with van der Waals surface area (Å²) in [4.78, 5) is 0. The van der Waals surface area contributed by atoms with Gasteiger partial charge in [-0.05, 0) is 16.0 Å². The topological polar surface area (TPSA) is 75.9 Å². The normalized spacial score (nSPS) is 10.5. The zero-order valence-electron chi connectivity index (χ0n) is 8.25. The summed E-state index contributed by atoms with van der Waals surface area (Å²) in [6.07, 6.45) is 0. The molecule has 0 saturated carbocycles. The van der Waals surface area contributed by atoms with Crippen molar-refractivity contribution >= 4 is 0 Å². The maximum absolute atomic E-state index is 8.53. The third-order valence-electron chi connectivity index (χ3n) is 2.12. The van der Waals surface area contributed by atoms with Crippen LogP contribution >= 0.6 is 0 Å². The van der Waals surface area contributed by atoms with Crippen molar-refractivity contribution in [2.45, 2.75) is 6.54 Å². The molecule has 0 unspecified atom stereocenters. The first-order chi connectivity index (χ1) is 7.31. The molecule has 0 aliphatic heterocycles. The third-order valence-corrected chi connectivity index (χ3v) is 2.12. The standard InChI is InChI=1S/C9H11N5O/c1-14-9(11-12-13-14)8-4-2-7(3-5-8)6-10-15/h2-5,10,15H,6H2,1H3. The molecule has 0 saturated heterocycles. The summed E-state index contributed by atoms with van der Waals surface area (Å²) < 4.78 is 1.61. The van der Waals surface area contributed by atoms with Crippen LogP contribution in [0.25, 0.3) is 11.4 Å². The number of hydrogen-bond donors (Lipinski definition) is 2. The van der Waals surface area contributed by atoms with Crippen LogP contribution in [0.5, 0.6) is 0 Å². The van der Waals surface area contributed by atoms with E-state index < -0.39 is 0 Å². The maximum atomic E-state index is 8.53. The smallest absolute Gasteiger partial charge is 0.181 e. The fraction of sp³-hybridized carbons (Fsp3) is 0.222. The molecule has 78 valence electrons. The third kappa shape index (κ3) is 2.00. The van der Waals surface area contributed by atoms with Crippen LogP contribution in [-0.4, -0.2) is 25.4 Å². The summed E-state index contributed by atoms with van der Waals surface area (Å²) in [5.74, 6) is 0.721. The molecule has 2 rings (SSSR count). The van der Waals surface area contributed by atoms with Gasteiger partial charge in [-0.3, -0.25) is 0 Å². The van der Waals surface area contributed by atoms with Crippen molar-refractivity contribution in [2.75, 3.05) is 0 Å². The second-order valence-electron chi connectivity index (χ2n) is 3.16. The van der Waals surface area contributed by atoms with Gasteiger partial charge in [0, 0.05) is 19.2 Å². The molecule has 6 heteroatoms. The number of rotatable bonds is 3. The van der Waals surface area contributed by atoms with Gasteiger partial charge in [0.1, 0.15) is 0 Å². The van der Waals surface area contributed by atoms with Crippen LogP contribution in [0.4, 0.5) is 0 Å². The summed E-state index contributed by atoms with van der Waals surface area (Å²) in [5.41, 5.74) is 4.05. The first kappa shape index (κ1) is 9.75. The molecule has 1 aromatic heterocycles. The predicted octanol–water partition coefficient (Wildman–Crippen LogP) is 0.356. The van der Waals surface area contributed by atoms with Gasteiger partial charge in [0.2, 0.25) is 0 Å². The Morgan fingerprint density at radius 1 is 1.33 bits per heavy atom. The van der Waals surface area contributed by atoms with E-state index in [0.717, 1.165) is 17.0 Å². The van der Waals surface area contributed by atoms with Crippen molar-refractivity contribution in [1.29, 1.82) is 0 Å². The molecule has 2 N–H and O–H groups in total. The highest BCUT2D eigenvalue weighted by atomic mass is 16.5. The minimum atomic E-state index is 0.428. The summed E-state index contributed by atoms with van der Waals surface area (Å²) in [6.45, 7) is 0.428. The molecule has 2 aromatic rings. The lowest BCUT2D eigenvalue weighted by Gasteiger charge is -2.01. The summed E-state index contributed by atoms with van der Waals surface area (Å²) in [5, 5.41) is 19.8. The molecule has 1 heterocycles. The zero-order chi connectivity index (χ0) is 10.7. The second-order valence-corrected chi connectivity index (χ2v) is 3.16. The number of benzene rings is 1. The van der Waals surface area contributed by atoms with Gasteiger partial charge in [-0.1, -0.05) is 24.3 Å². The highest BCUT2D eigenvalue weighted by molar-refractivity contribution is 5.54. The van der Waals surface area contributed by atoms with Crippen LogP contribution in [0.2, 0.25) is 0 Å². The van der Waals surface area contributed by atoms with E-state index in [1.807, 2.05) is 24.3 Å². The molecule has 0 spiro atoms. The lowest BCUT2D eigenvalue weighted by molar-refractivity contribution is 0.161. The number of aromatic nitrogens is 4. The van der Waals surface area contributed by atoms with Gasteiger partial charge in [0.05, 0.1) is 0 Å². The quantitative estimate of drug-likeness (QED) is 0.707. The van der Waals surface area contributed by atoms with Gasteiger partial charge >= 0.3 is 0 Å². The number of aryl methyl sites for hydroxylation is 1. The van der Waals surface area contributed by atoms with E-state index in [1.54, 1.807) is 11.7 Å². The Kier molecular flexibility index (Phi) is 2.70. The molecule has 0 fully saturated rings. The van der Waals surface area contributed by atoms with E-state index in [1.165, 1.54) is 0 Å². The molecule has 1 aromatic carbocycles. The van der Waals surface area contributed by atoms with Crippen molar-refractivity contribution in [3.05, 3.63) is 29.8 Å². The van der Waals surface area contributed by atoms with E-state index in [0.29, 0.717) is 6.54 Å². The van der Waals surface area contributed by atoms with Crippen LogP contribution in [-0.2, 0) is 13.6 Å². The van der Waals surface area contributed by atoms with Crippen molar-refractivity contribution in [3.63, 3.8) is 0 Å². The predicted molar refractivity (Wildman–Crippen MR) is 52.9 cm³/mol. The minimum Gasteiger partial charge on any atom is -0.316 e. The summed E-state index contributed by atoms with van der Waals surface area (Å²) in [7, 11) is 1.79. The molecular weight excluding hydrogens is 194 g/mol. The molecular formula is C9H11N5O. The highest BCUT2D eigenvalue weighted by Gasteiger charge is 2.04. The van der Waals surface area contributed by atoms with E-state index in [4.69, 9.17) is 5.21 Å². The fourth-order valence-corrected chi connectivity index (χ4v) is 1.34. The number of hydroxylamine groups is 1.